The van der Waals surface area contributed by atoms with Crippen molar-refractivity contribution in [1.29, 1.82) is 10.5 Å². The van der Waals surface area contributed by atoms with Crippen LogP contribution in [0.5, 0.6) is 0 Å². The fraction of sp³-hybridized carbons (Fsp3) is 0.333. The number of hydrogen-bond acceptors (Lipinski definition) is 4. The molecule has 0 aliphatic heterocycles. The van der Waals surface area contributed by atoms with E-state index in [9.17, 15) is 0 Å². The summed E-state index contributed by atoms with van der Waals surface area (Å²) < 4.78 is 0. The zero-order chi connectivity index (χ0) is 11.1. The van der Waals surface area contributed by atoms with Gasteiger partial charge in [0.1, 0.15) is 12.1 Å². The Morgan fingerprint density at radius 1 is 0.938 bits per heavy atom. The molecule has 2 atom stereocenters. The molecule has 76 valence electrons. The van der Waals surface area contributed by atoms with Gasteiger partial charge in [-0.1, -0.05) is 12.2 Å². The van der Waals surface area contributed by atoms with Crippen molar-refractivity contribution in [2.24, 2.45) is 0 Å². The lowest BCUT2D eigenvalue weighted by Crippen LogP contribution is -2.21. The van der Waals surface area contributed by atoms with Crippen LogP contribution in [0.3, 0.4) is 0 Å². The number of nitrogens with zero attached hydrogens (tertiary/aromatic N) is 4. The predicted octanol–water partition coefficient (Wildman–Crippen LogP) is 1.75. The van der Waals surface area contributed by atoms with Crippen LogP contribution in [0.25, 0.3) is 0 Å². The maximum atomic E-state index is 8.90. The Morgan fingerprint density at radius 2 is 1.38 bits per heavy atom. The smallest absolute Gasteiger partial charge is 0.177 e. The van der Waals surface area contributed by atoms with Crippen molar-refractivity contribution in [3.63, 3.8) is 0 Å². The summed E-state index contributed by atoms with van der Waals surface area (Å²) in [5.74, 6) is 0.569. The molecule has 2 bridgehead atoms. The summed E-state index contributed by atoms with van der Waals surface area (Å²) in [7, 11) is 0. The average Bonchev–Trinajstić information content (AvgIpc) is 2.38. The fourth-order valence-corrected chi connectivity index (χ4v) is 2.44. The third-order valence-electron chi connectivity index (χ3n) is 3.23. The first-order valence-corrected chi connectivity index (χ1v) is 5.24. The number of fused-ring (bicyclic) bond motifs is 1. The lowest BCUT2D eigenvalue weighted by atomic mass is 9.76. The molecule has 0 saturated heterocycles. The molecule has 16 heavy (non-hydrogen) atoms. The van der Waals surface area contributed by atoms with Gasteiger partial charge in [-0.15, -0.1) is 0 Å². The molecule has 0 N–H and O–H groups in total. The normalized spacial score (nSPS) is 24.6. The molecule has 4 rings (SSSR count). The van der Waals surface area contributed by atoms with Crippen LogP contribution < -0.4 is 0 Å². The summed E-state index contributed by atoms with van der Waals surface area (Å²) >= 11 is 0. The highest BCUT2D eigenvalue weighted by molar-refractivity contribution is 5.43. The minimum absolute atomic E-state index is 0.155. The Kier molecular flexibility index (Phi) is 1.78. The Morgan fingerprint density at radius 3 is 1.69 bits per heavy atom. The van der Waals surface area contributed by atoms with Crippen molar-refractivity contribution in [3.05, 3.63) is 34.9 Å². The van der Waals surface area contributed by atoms with E-state index in [1.165, 1.54) is 0 Å². The molecule has 3 aliphatic carbocycles. The van der Waals surface area contributed by atoms with Gasteiger partial charge in [-0.05, 0) is 12.8 Å². The number of hydrogen-bond donors (Lipinski definition) is 0. The van der Waals surface area contributed by atoms with Crippen LogP contribution in [0.4, 0.5) is 0 Å². The van der Waals surface area contributed by atoms with E-state index in [4.69, 9.17) is 10.5 Å². The maximum Gasteiger partial charge on any atom is 0.177 e. The molecule has 1 aromatic heterocycles. The van der Waals surface area contributed by atoms with Crippen molar-refractivity contribution >= 4 is 0 Å². The van der Waals surface area contributed by atoms with Gasteiger partial charge in [0.2, 0.25) is 0 Å². The lowest BCUT2D eigenvalue weighted by Gasteiger charge is -2.31. The Balaban J connectivity index is 2.26. The molecule has 0 amide bonds. The SMILES string of the molecule is N#Cc1nc2c(nc1C#N)[C@H]1C=C[C@@H]2CC1. The second-order valence-corrected chi connectivity index (χ2v) is 4.09. The molecule has 0 unspecified atom stereocenters. The van der Waals surface area contributed by atoms with E-state index in [0.29, 0.717) is 0 Å². The van der Waals surface area contributed by atoms with Gasteiger partial charge in [0.05, 0.1) is 11.4 Å². The molecule has 4 heteroatoms. The molecular weight excluding hydrogens is 200 g/mol. The molecule has 4 nitrogen and oxygen atoms in total. The monoisotopic (exact) mass is 208 g/mol. The first-order chi connectivity index (χ1) is 7.83. The van der Waals surface area contributed by atoms with Gasteiger partial charge in [-0.25, -0.2) is 9.97 Å². The van der Waals surface area contributed by atoms with Gasteiger partial charge in [-0.2, -0.15) is 10.5 Å². The first kappa shape index (κ1) is 9.06. The van der Waals surface area contributed by atoms with E-state index in [1.54, 1.807) is 0 Å². The molecule has 0 saturated carbocycles. The minimum atomic E-state index is 0.155. The highest BCUT2D eigenvalue weighted by atomic mass is 14.9. The van der Waals surface area contributed by atoms with Gasteiger partial charge >= 0.3 is 0 Å². The van der Waals surface area contributed by atoms with Gasteiger partial charge in [-0.3, -0.25) is 0 Å². The highest BCUT2D eigenvalue weighted by Crippen LogP contribution is 2.43. The topological polar surface area (TPSA) is 73.4 Å². The summed E-state index contributed by atoms with van der Waals surface area (Å²) in [6, 6.07) is 3.87. The van der Waals surface area contributed by atoms with E-state index in [1.807, 2.05) is 12.1 Å². The summed E-state index contributed by atoms with van der Waals surface area (Å²) in [6.07, 6.45) is 6.41. The Bertz CT molecular complexity index is 523. The van der Waals surface area contributed by atoms with Gasteiger partial charge in [0.15, 0.2) is 11.4 Å². The van der Waals surface area contributed by atoms with Crippen LogP contribution in [-0.4, -0.2) is 9.97 Å². The van der Waals surface area contributed by atoms with E-state index >= 15 is 0 Å². The summed E-state index contributed by atoms with van der Waals surface area (Å²) in [4.78, 5) is 8.58. The minimum Gasteiger partial charge on any atom is -0.237 e. The summed E-state index contributed by atoms with van der Waals surface area (Å²) in [5.41, 5.74) is 2.10. The first-order valence-electron chi connectivity index (χ1n) is 5.24. The van der Waals surface area contributed by atoms with Crippen LogP contribution in [0, 0.1) is 22.7 Å². The van der Waals surface area contributed by atoms with Crippen LogP contribution in [-0.2, 0) is 0 Å². The van der Waals surface area contributed by atoms with Crippen molar-refractivity contribution in [2.75, 3.05) is 0 Å². The van der Waals surface area contributed by atoms with Crippen LogP contribution in [0.15, 0.2) is 12.2 Å². The van der Waals surface area contributed by atoms with Crippen molar-refractivity contribution in [3.8, 4) is 12.1 Å². The van der Waals surface area contributed by atoms with Crippen LogP contribution >= 0.6 is 0 Å². The lowest BCUT2D eigenvalue weighted by molar-refractivity contribution is 0.524. The molecule has 0 fully saturated rings. The molecule has 0 radical (unpaired) electrons. The summed E-state index contributed by atoms with van der Waals surface area (Å²) in [5, 5.41) is 17.8. The fourth-order valence-electron chi connectivity index (χ4n) is 2.44. The maximum absolute atomic E-state index is 8.90. The van der Waals surface area contributed by atoms with Crippen LogP contribution in [0.2, 0.25) is 0 Å². The van der Waals surface area contributed by atoms with E-state index in [2.05, 4.69) is 22.1 Å². The van der Waals surface area contributed by atoms with Gasteiger partial charge < -0.3 is 0 Å². The van der Waals surface area contributed by atoms with E-state index in [0.717, 1.165) is 24.2 Å². The molecular formula is C12H8N4. The second-order valence-electron chi connectivity index (χ2n) is 4.09. The molecule has 0 spiro atoms. The van der Waals surface area contributed by atoms with E-state index < -0.39 is 0 Å². The molecule has 1 heterocycles. The number of rotatable bonds is 0. The Labute approximate surface area is 92.9 Å². The molecule has 3 aliphatic rings. The predicted molar refractivity (Wildman–Crippen MR) is 55.3 cm³/mol. The third kappa shape index (κ3) is 1.07. The van der Waals surface area contributed by atoms with Crippen molar-refractivity contribution < 1.29 is 0 Å². The average molecular weight is 208 g/mol. The largest absolute Gasteiger partial charge is 0.237 e. The van der Waals surface area contributed by atoms with Gasteiger partial charge in [0, 0.05) is 11.8 Å². The zero-order valence-electron chi connectivity index (χ0n) is 8.51. The molecule has 0 aromatic carbocycles. The standard InChI is InChI=1S/C12H8N4/c13-5-9-10(6-14)16-12-8-2-1-7(3-4-8)11(12)15-9/h1-2,7-8H,3-4H2/t7-,8+. The zero-order valence-corrected chi connectivity index (χ0v) is 8.51. The van der Waals surface area contributed by atoms with Gasteiger partial charge in [0.25, 0.3) is 0 Å². The summed E-state index contributed by atoms with van der Waals surface area (Å²) in [6.45, 7) is 0. The van der Waals surface area contributed by atoms with Crippen LogP contribution in [0.1, 0.15) is 47.5 Å². The van der Waals surface area contributed by atoms with Crippen molar-refractivity contribution in [2.45, 2.75) is 24.7 Å². The van der Waals surface area contributed by atoms with Crippen molar-refractivity contribution in [1.82, 2.24) is 9.97 Å². The third-order valence-corrected chi connectivity index (χ3v) is 3.23. The number of aromatic nitrogens is 2. The molecule has 1 aromatic rings. The quantitative estimate of drug-likeness (QED) is 0.609. The second kappa shape index (κ2) is 3.15. The van der Waals surface area contributed by atoms with E-state index in [-0.39, 0.29) is 23.2 Å². The number of nitriles is 2. The number of allylic oxidation sites excluding steroid dienone is 2. The highest BCUT2D eigenvalue weighted by Gasteiger charge is 2.32. The Hall–Kier alpha value is -2.20.